The van der Waals surface area contributed by atoms with Crippen LogP contribution >= 0.6 is 0 Å². The minimum Gasteiger partial charge on any atom is -0.438 e. The van der Waals surface area contributed by atoms with Crippen molar-refractivity contribution in [1.82, 2.24) is 19.5 Å². The van der Waals surface area contributed by atoms with Gasteiger partial charge in [-0.3, -0.25) is 4.79 Å². The quantitative estimate of drug-likeness (QED) is 0.287. The fourth-order valence-electron chi connectivity index (χ4n) is 3.53. The largest absolute Gasteiger partial charge is 0.438 e. The molecule has 0 unspecified atom stereocenters. The standard InChI is InChI=1S/C25H17FN4O2/c1-30-21-7-3-2-6-20(21)29-24(30)23(31)16-8-10-18(11-9-16)32-25-19(5-4-13-28-25)17-12-14-27-22(26)15-17/h2-15H,1H3. The van der Waals surface area contributed by atoms with Crippen molar-refractivity contribution in [2.75, 3.05) is 0 Å². The number of carbonyl (C=O) groups excluding carboxylic acids is 1. The second-order valence-corrected chi connectivity index (χ2v) is 7.16. The summed E-state index contributed by atoms with van der Waals surface area (Å²) in [5.74, 6) is 0.434. The number of hydrogen-bond donors (Lipinski definition) is 0. The van der Waals surface area contributed by atoms with E-state index in [-0.39, 0.29) is 5.78 Å². The van der Waals surface area contributed by atoms with Crippen LogP contribution < -0.4 is 4.74 Å². The molecule has 5 aromatic rings. The van der Waals surface area contributed by atoms with Crippen LogP contribution in [0.25, 0.3) is 22.2 Å². The van der Waals surface area contributed by atoms with Gasteiger partial charge in [-0.2, -0.15) is 4.39 Å². The van der Waals surface area contributed by atoms with Crippen LogP contribution in [0.15, 0.2) is 85.2 Å². The van der Waals surface area contributed by atoms with E-state index in [1.165, 1.54) is 12.3 Å². The highest BCUT2D eigenvalue weighted by Gasteiger charge is 2.17. The van der Waals surface area contributed by atoms with Gasteiger partial charge in [-0.05, 0) is 60.2 Å². The second kappa shape index (κ2) is 8.03. The van der Waals surface area contributed by atoms with Gasteiger partial charge in [-0.15, -0.1) is 0 Å². The first-order valence-corrected chi connectivity index (χ1v) is 9.91. The Labute approximate surface area is 183 Å². The van der Waals surface area contributed by atoms with Crippen LogP contribution in [0.4, 0.5) is 4.39 Å². The molecule has 156 valence electrons. The first-order valence-electron chi connectivity index (χ1n) is 9.91. The van der Waals surface area contributed by atoms with E-state index in [1.807, 2.05) is 31.3 Å². The van der Waals surface area contributed by atoms with E-state index in [4.69, 9.17) is 4.74 Å². The molecule has 0 atom stereocenters. The Morgan fingerprint density at radius 2 is 1.75 bits per heavy atom. The van der Waals surface area contributed by atoms with Crippen molar-refractivity contribution in [2.45, 2.75) is 0 Å². The molecule has 0 aliphatic carbocycles. The summed E-state index contributed by atoms with van der Waals surface area (Å²) in [7, 11) is 1.82. The molecule has 32 heavy (non-hydrogen) atoms. The molecular weight excluding hydrogens is 407 g/mol. The van der Waals surface area contributed by atoms with Gasteiger partial charge in [-0.1, -0.05) is 12.1 Å². The Hall–Kier alpha value is -4.39. The number of carbonyl (C=O) groups is 1. The molecule has 0 aliphatic rings. The predicted octanol–water partition coefficient (Wildman–Crippen LogP) is 5.19. The Balaban J connectivity index is 1.41. The Morgan fingerprint density at radius 3 is 2.53 bits per heavy atom. The summed E-state index contributed by atoms with van der Waals surface area (Å²) in [6, 6.07) is 20.9. The number of rotatable bonds is 5. The third-order valence-electron chi connectivity index (χ3n) is 5.13. The number of imidazole rings is 1. The minimum absolute atomic E-state index is 0.180. The molecule has 0 bridgehead atoms. The fraction of sp³-hybridized carbons (Fsp3) is 0.0400. The van der Waals surface area contributed by atoms with Crippen molar-refractivity contribution in [2.24, 2.45) is 7.05 Å². The summed E-state index contributed by atoms with van der Waals surface area (Å²) >= 11 is 0. The van der Waals surface area contributed by atoms with Gasteiger partial charge in [0.05, 0.1) is 11.0 Å². The van der Waals surface area contributed by atoms with Crippen molar-refractivity contribution in [3.63, 3.8) is 0 Å². The maximum atomic E-state index is 13.6. The molecule has 3 aromatic heterocycles. The maximum Gasteiger partial charge on any atom is 0.228 e. The molecule has 5 rings (SSSR count). The van der Waals surface area contributed by atoms with E-state index in [2.05, 4.69) is 15.0 Å². The molecule has 0 N–H and O–H groups in total. The molecule has 0 spiro atoms. The number of aryl methyl sites for hydroxylation is 1. The lowest BCUT2D eigenvalue weighted by molar-refractivity contribution is 0.102. The summed E-state index contributed by atoms with van der Waals surface area (Å²) in [5, 5.41) is 0. The molecule has 0 fully saturated rings. The van der Waals surface area contributed by atoms with Crippen molar-refractivity contribution >= 4 is 16.8 Å². The second-order valence-electron chi connectivity index (χ2n) is 7.16. The normalized spacial score (nSPS) is 10.9. The minimum atomic E-state index is -0.581. The zero-order valence-electron chi connectivity index (χ0n) is 17.1. The number of para-hydroxylation sites is 2. The fourth-order valence-corrected chi connectivity index (χ4v) is 3.53. The summed E-state index contributed by atoms with van der Waals surface area (Å²) in [6.07, 6.45) is 2.99. The summed E-state index contributed by atoms with van der Waals surface area (Å²) in [6.45, 7) is 0. The first-order chi connectivity index (χ1) is 15.6. The highest BCUT2D eigenvalue weighted by Crippen LogP contribution is 2.31. The Kier molecular flexibility index (Phi) is 4.91. The molecule has 0 aliphatic heterocycles. The zero-order valence-corrected chi connectivity index (χ0v) is 17.1. The highest BCUT2D eigenvalue weighted by atomic mass is 19.1. The highest BCUT2D eigenvalue weighted by molar-refractivity contribution is 6.08. The maximum absolute atomic E-state index is 13.6. The molecule has 7 heteroatoms. The van der Waals surface area contributed by atoms with Gasteiger partial charge in [0.15, 0.2) is 5.82 Å². The average molecular weight is 424 g/mol. The third kappa shape index (κ3) is 3.60. The molecule has 2 aromatic carbocycles. The van der Waals surface area contributed by atoms with Crippen molar-refractivity contribution < 1.29 is 13.9 Å². The van der Waals surface area contributed by atoms with Crippen LogP contribution in [-0.2, 0) is 7.05 Å². The SMILES string of the molecule is Cn1c(C(=O)c2ccc(Oc3ncccc3-c3ccnc(F)c3)cc2)nc2ccccc21. The van der Waals surface area contributed by atoms with Gasteiger partial charge in [0.2, 0.25) is 17.6 Å². The number of ether oxygens (including phenoxy) is 1. The molecule has 6 nitrogen and oxygen atoms in total. The van der Waals surface area contributed by atoms with E-state index < -0.39 is 5.95 Å². The topological polar surface area (TPSA) is 69.9 Å². The lowest BCUT2D eigenvalue weighted by Gasteiger charge is -2.10. The van der Waals surface area contributed by atoms with Crippen LogP contribution in [0.3, 0.4) is 0 Å². The first kappa shape index (κ1) is 19.6. The monoisotopic (exact) mass is 424 g/mol. The van der Waals surface area contributed by atoms with Gasteiger partial charge in [-0.25, -0.2) is 15.0 Å². The van der Waals surface area contributed by atoms with Crippen LogP contribution in [0.1, 0.15) is 16.2 Å². The van der Waals surface area contributed by atoms with Gasteiger partial charge < -0.3 is 9.30 Å². The Morgan fingerprint density at radius 1 is 0.938 bits per heavy atom. The number of ketones is 1. The average Bonchev–Trinajstić information content (AvgIpc) is 3.16. The lowest BCUT2D eigenvalue weighted by atomic mass is 10.1. The van der Waals surface area contributed by atoms with Crippen molar-refractivity contribution in [3.8, 4) is 22.8 Å². The van der Waals surface area contributed by atoms with Gasteiger partial charge >= 0.3 is 0 Å². The number of pyridine rings is 2. The van der Waals surface area contributed by atoms with Crippen molar-refractivity contribution in [1.29, 1.82) is 0 Å². The van der Waals surface area contributed by atoms with E-state index in [0.717, 1.165) is 11.0 Å². The van der Waals surface area contributed by atoms with E-state index in [1.54, 1.807) is 53.2 Å². The van der Waals surface area contributed by atoms with Crippen LogP contribution in [0, 0.1) is 5.95 Å². The molecule has 0 amide bonds. The predicted molar refractivity (Wildman–Crippen MR) is 118 cm³/mol. The Bertz CT molecular complexity index is 1440. The zero-order chi connectivity index (χ0) is 22.1. The van der Waals surface area contributed by atoms with E-state index in [0.29, 0.717) is 34.1 Å². The number of hydrogen-bond acceptors (Lipinski definition) is 5. The summed E-state index contributed by atoms with van der Waals surface area (Å²) in [5.41, 5.74) is 3.40. The van der Waals surface area contributed by atoms with Gasteiger partial charge in [0.1, 0.15) is 5.75 Å². The van der Waals surface area contributed by atoms with E-state index in [9.17, 15) is 9.18 Å². The van der Waals surface area contributed by atoms with Crippen LogP contribution in [0.5, 0.6) is 11.6 Å². The van der Waals surface area contributed by atoms with Crippen molar-refractivity contribution in [3.05, 3.63) is 103 Å². The molecule has 0 saturated carbocycles. The molecular formula is C25H17FN4O2. The number of nitrogens with zero attached hydrogens (tertiary/aromatic N) is 4. The number of benzene rings is 2. The van der Waals surface area contributed by atoms with Crippen LogP contribution in [0.2, 0.25) is 0 Å². The van der Waals surface area contributed by atoms with E-state index >= 15 is 0 Å². The van der Waals surface area contributed by atoms with Gasteiger partial charge in [0, 0.05) is 36.6 Å². The number of halogens is 1. The van der Waals surface area contributed by atoms with Gasteiger partial charge in [0.25, 0.3) is 0 Å². The summed E-state index contributed by atoms with van der Waals surface area (Å²) in [4.78, 5) is 25.3. The lowest BCUT2D eigenvalue weighted by Crippen LogP contribution is -2.08. The molecule has 0 saturated heterocycles. The molecule has 3 heterocycles. The number of fused-ring (bicyclic) bond motifs is 1. The molecule has 0 radical (unpaired) electrons. The number of aromatic nitrogens is 4. The van der Waals surface area contributed by atoms with Crippen LogP contribution in [-0.4, -0.2) is 25.3 Å². The smallest absolute Gasteiger partial charge is 0.228 e. The third-order valence-corrected chi connectivity index (χ3v) is 5.13. The summed E-state index contributed by atoms with van der Waals surface area (Å²) < 4.78 is 21.3.